The van der Waals surface area contributed by atoms with Gasteiger partial charge in [0.1, 0.15) is 18.0 Å². The number of phenols is 1. The molecule has 2 N–H and O–H groups in total. The number of pyridine rings is 1. The van der Waals surface area contributed by atoms with Crippen LogP contribution in [0.4, 0.5) is 4.79 Å². The van der Waals surface area contributed by atoms with Crippen molar-refractivity contribution in [2.24, 2.45) is 0 Å². The van der Waals surface area contributed by atoms with Crippen molar-refractivity contribution < 1.29 is 19.5 Å². The SMILES string of the molecule is CN1CC(=O)N2C(CN(Cc3ccncc3)C(=O)[C@@H]2Cc2ccc(O)cc2)N1C(=O)NCc1cccc(Br)c1. The zero-order valence-corrected chi connectivity index (χ0v) is 23.0. The zero-order valence-electron chi connectivity index (χ0n) is 21.4. The van der Waals surface area contributed by atoms with Gasteiger partial charge < -0.3 is 20.2 Å². The van der Waals surface area contributed by atoms with E-state index in [4.69, 9.17) is 0 Å². The van der Waals surface area contributed by atoms with E-state index in [0.717, 1.165) is 21.2 Å². The summed E-state index contributed by atoms with van der Waals surface area (Å²) in [5.41, 5.74) is 2.62. The third-order valence-electron chi connectivity index (χ3n) is 6.97. The second kappa shape index (κ2) is 11.4. The monoisotopic (exact) mass is 592 g/mol. The second-order valence-electron chi connectivity index (χ2n) is 9.69. The smallest absolute Gasteiger partial charge is 0.334 e. The van der Waals surface area contributed by atoms with Crippen LogP contribution in [0.25, 0.3) is 0 Å². The van der Waals surface area contributed by atoms with Gasteiger partial charge in [0.25, 0.3) is 0 Å². The molecule has 5 rings (SSSR count). The molecule has 0 aliphatic carbocycles. The van der Waals surface area contributed by atoms with Crippen LogP contribution in [-0.2, 0) is 29.1 Å². The molecule has 0 bridgehead atoms. The molecule has 11 heteroatoms. The van der Waals surface area contributed by atoms with E-state index < -0.39 is 12.2 Å². The van der Waals surface area contributed by atoms with Crippen molar-refractivity contribution in [3.8, 4) is 5.75 Å². The Kier molecular flexibility index (Phi) is 7.80. The van der Waals surface area contributed by atoms with Crippen LogP contribution < -0.4 is 5.32 Å². The van der Waals surface area contributed by atoms with Crippen LogP contribution in [-0.4, -0.2) is 80.1 Å². The molecule has 2 aromatic carbocycles. The van der Waals surface area contributed by atoms with Crippen LogP contribution in [0.1, 0.15) is 16.7 Å². The standard InChI is InChI=1S/C28H29BrN6O4/c1-32-18-26(37)34-24(14-19-5-7-23(36)8-6-19)27(38)33(16-20-9-11-30-12-10-20)17-25(34)35(32)28(39)31-15-21-3-2-4-22(29)13-21/h2-13,24-25,36H,14-18H2,1H3,(H,31,39)/t24-,25?/m0/s1. The minimum absolute atomic E-state index is 0.0372. The van der Waals surface area contributed by atoms with Gasteiger partial charge in [-0.2, -0.15) is 0 Å². The first-order valence-electron chi connectivity index (χ1n) is 12.6. The van der Waals surface area contributed by atoms with Gasteiger partial charge in [0.2, 0.25) is 11.8 Å². The lowest BCUT2D eigenvalue weighted by atomic mass is 9.98. The van der Waals surface area contributed by atoms with Crippen molar-refractivity contribution in [1.82, 2.24) is 30.1 Å². The number of carbonyl (C=O) groups excluding carboxylic acids is 3. The minimum atomic E-state index is -0.809. The number of halogens is 1. The summed E-state index contributed by atoms with van der Waals surface area (Å²) in [5, 5.41) is 15.8. The van der Waals surface area contributed by atoms with E-state index in [9.17, 15) is 19.5 Å². The number of aromatic nitrogens is 1. The van der Waals surface area contributed by atoms with E-state index in [2.05, 4.69) is 26.2 Å². The summed E-state index contributed by atoms with van der Waals surface area (Å²) in [7, 11) is 1.70. The molecular formula is C28H29BrN6O4. The first-order chi connectivity index (χ1) is 18.8. The van der Waals surface area contributed by atoms with E-state index in [1.807, 2.05) is 36.4 Å². The summed E-state index contributed by atoms with van der Waals surface area (Å²) in [4.78, 5) is 48.1. The molecule has 3 aromatic rings. The van der Waals surface area contributed by atoms with Gasteiger partial charge in [-0.25, -0.2) is 14.8 Å². The second-order valence-corrected chi connectivity index (χ2v) is 10.6. The van der Waals surface area contributed by atoms with Crippen LogP contribution in [0.2, 0.25) is 0 Å². The molecule has 2 aliphatic rings. The van der Waals surface area contributed by atoms with Crippen molar-refractivity contribution in [1.29, 1.82) is 0 Å². The number of hydrogen-bond donors (Lipinski definition) is 2. The van der Waals surface area contributed by atoms with Crippen molar-refractivity contribution in [2.75, 3.05) is 20.1 Å². The number of amides is 4. The first-order valence-corrected chi connectivity index (χ1v) is 13.4. The maximum absolute atomic E-state index is 13.8. The highest BCUT2D eigenvalue weighted by atomic mass is 79.9. The van der Waals surface area contributed by atoms with Crippen molar-refractivity contribution in [3.63, 3.8) is 0 Å². The van der Waals surface area contributed by atoms with Gasteiger partial charge in [0.15, 0.2) is 0 Å². The largest absolute Gasteiger partial charge is 0.508 e. The maximum Gasteiger partial charge on any atom is 0.334 e. The summed E-state index contributed by atoms with van der Waals surface area (Å²) in [6, 6.07) is 16.8. The van der Waals surface area contributed by atoms with Gasteiger partial charge in [-0.3, -0.25) is 14.6 Å². The Labute approximate surface area is 234 Å². The first kappa shape index (κ1) is 26.6. The summed E-state index contributed by atoms with van der Waals surface area (Å²) in [6.07, 6.45) is 2.90. The van der Waals surface area contributed by atoms with Gasteiger partial charge in [0.05, 0.1) is 13.1 Å². The number of rotatable bonds is 6. The molecule has 2 atom stereocenters. The molecule has 10 nitrogen and oxygen atoms in total. The van der Waals surface area contributed by atoms with Crippen LogP contribution >= 0.6 is 15.9 Å². The van der Waals surface area contributed by atoms with Gasteiger partial charge in [-0.15, -0.1) is 0 Å². The van der Waals surface area contributed by atoms with Crippen LogP contribution in [0.5, 0.6) is 5.75 Å². The summed E-state index contributed by atoms with van der Waals surface area (Å²) >= 11 is 3.45. The lowest BCUT2D eigenvalue weighted by Crippen LogP contribution is -2.76. The predicted octanol–water partition coefficient (Wildman–Crippen LogP) is 2.73. The lowest BCUT2D eigenvalue weighted by Gasteiger charge is -2.54. The number of nitrogens with one attached hydrogen (secondary N) is 1. The number of likely N-dealkylation sites (N-methyl/N-ethyl adjacent to an activating group) is 1. The minimum Gasteiger partial charge on any atom is -0.508 e. The molecule has 202 valence electrons. The van der Waals surface area contributed by atoms with E-state index in [1.54, 1.807) is 58.5 Å². The van der Waals surface area contributed by atoms with E-state index >= 15 is 0 Å². The number of piperazine rings is 1. The number of aromatic hydroxyl groups is 1. The number of nitrogens with zero attached hydrogens (tertiary/aromatic N) is 5. The summed E-state index contributed by atoms with van der Waals surface area (Å²) < 4.78 is 0.913. The lowest BCUT2D eigenvalue weighted by molar-refractivity contribution is -0.187. The fourth-order valence-corrected chi connectivity index (χ4v) is 5.56. The number of fused-ring (bicyclic) bond motifs is 1. The molecule has 39 heavy (non-hydrogen) atoms. The Morgan fingerprint density at radius 1 is 1.05 bits per heavy atom. The molecule has 3 heterocycles. The highest BCUT2D eigenvalue weighted by molar-refractivity contribution is 9.10. The molecule has 2 saturated heterocycles. The topological polar surface area (TPSA) is 109 Å². The predicted molar refractivity (Wildman–Crippen MR) is 147 cm³/mol. The average molecular weight is 593 g/mol. The molecule has 1 unspecified atom stereocenters. The fraction of sp³-hybridized carbons (Fsp3) is 0.286. The van der Waals surface area contributed by atoms with Crippen LogP contribution in [0.15, 0.2) is 77.5 Å². The van der Waals surface area contributed by atoms with Crippen molar-refractivity contribution in [3.05, 3.63) is 94.2 Å². The number of phenolic OH excluding ortho intramolecular Hbond substituents is 1. The number of hydrogen-bond acceptors (Lipinski definition) is 6. The number of hydrazine groups is 1. The molecule has 2 fully saturated rings. The summed E-state index contributed by atoms with van der Waals surface area (Å²) in [5.74, 6) is -0.294. The number of urea groups is 1. The summed E-state index contributed by atoms with van der Waals surface area (Å²) in [6.45, 7) is 0.751. The molecule has 0 saturated carbocycles. The Hall–Kier alpha value is -3.96. The number of carbonyl (C=O) groups is 3. The highest BCUT2D eigenvalue weighted by Gasteiger charge is 2.50. The fourth-order valence-electron chi connectivity index (χ4n) is 5.12. The van der Waals surface area contributed by atoms with E-state index in [1.165, 1.54) is 5.01 Å². The molecule has 0 radical (unpaired) electrons. The third-order valence-corrected chi connectivity index (χ3v) is 7.46. The van der Waals surface area contributed by atoms with Gasteiger partial charge in [-0.05, 0) is 53.1 Å². The average Bonchev–Trinajstić information content (AvgIpc) is 2.91. The zero-order chi connectivity index (χ0) is 27.5. The quantitative estimate of drug-likeness (QED) is 0.455. The normalized spacial score (nSPS) is 19.7. The van der Waals surface area contributed by atoms with Crippen LogP contribution in [0, 0.1) is 0 Å². The molecule has 2 aliphatic heterocycles. The molecule has 0 spiro atoms. The highest BCUT2D eigenvalue weighted by Crippen LogP contribution is 2.29. The maximum atomic E-state index is 13.8. The molecule has 4 amide bonds. The Bertz CT molecular complexity index is 1360. The van der Waals surface area contributed by atoms with Gasteiger partial charge in [-0.1, -0.05) is 40.2 Å². The van der Waals surface area contributed by atoms with Crippen molar-refractivity contribution in [2.45, 2.75) is 31.7 Å². The number of benzene rings is 2. The Balaban J connectivity index is 1.44. The van der Waals surface area contributed by atoms with Crippen LogP contribution in [0.3, 0.4) is 0 Å². The van der Waals surface area contributed by atoms with E-state index in [0.29, 0.717) is 13.1 Å². The third kappa shape index (κ3) is 5.89. The van der Waals surface area contributed by atoms with Crippen molar-refractivity contribution >= 4 is 33.8 Å². The van der Waals surface area contributed by atoms with Gasteiger partial charge in [0, 0.05) is 43.4 Å². The molecule has 1 aromatic heterocycles. The Morgan fingerprint density at radius 3 is 2.51 bits per heavy atom. The molecular weight excluding hydrogens is 564 g/mol. The Morgan fingerprint density at radius 2 is 1.79 bits per heavy atom. The van der Waals surface area contributed by atoms with E-state index in [-0.39, 0.29) is 43.1 Å². The van der Waals surface area contributed by atoms with Gasteiger partial charge >= 0.3 is 6.03 Å².